The maximum atomic E-state index is 2.87. The minimum Gasteiger partial charge on any atom is -0.376 e. The Morgan fingerprint density at radius 2 is 1.00 bits per heavy atom. The molecule has 79 heavy (non-hydrogen) atoms. The van der Waals surface area contributed by atoms with Gasteiger partial charge in [0.1, 0.15) is 0 Å². The summed E-state index contributed by atoms with van der Waals surface area (Å²) in [6, 6.07) is 54.8. The molecule has 0 saturated carbocycles. The summed E-state index contributed by atoms with van der Waals surface area (Å²) < 4.78 is -0.242. The summed E-state index contributed by atoms with van der Waals surface area (Å²) in [7, 11) is -0.901. The number of fused-ring (bicyclic) bond motifs is 12. The first kappa shape index (κ1) is 48.7. The Hall–Kier alpha value is -6.23. The van der Waals surface area contributed by atoms with Crippen molar-refractivity contribution in [2.75, 3.05) is 9.71 Å². The second kappa shape index (κ2) is 15.2. The average molecular weight is 1050 g/mol. The average Bonchev–Trinajstić information content (AvgIpc) is 1.99. The molecule has 4 heteroatoms. The van der Waals surface area contributed by atoms with Crippen molar-refractivity contribution < 1.29 is 0 Å². The fourth-order valence-electron chi connectivity index (χ4n) is 17.4. The summed E-state index contributed by atoms with van der Waals surface area (Å²) in [5.74, 6) is 0. The standard InChI is InChI=1S/C75H77BN2S/c1-43-36-53-56(73(10,11)34-32-70(53,4)5)41-60(43)77-61-37-45(44-20-16-15-17-21-44)24-28-58(61)76-67-62(77)40-50-47-22-18-19-23-51(47)75(14)66(50)65(67)64-59(78(76)46-25-27-52-54(38-46)71(6,7)31-30-69(52,2)3)29-26-48-49-39-55-57(42-63(49)79(75)68(48)64)74(12,13)35-33-72(55,8)9/h15-29,36-42,79H,30-35H2,1-14H3. The number of anilines is 5. The molecular weight excluding hydrogens is 972 g/mol. The lowest BCUT2D eigenvalue weighted by atomic mass is 9.42. The maximum absolute atomic E-state index is 2.87. The molecule has 0 radical (unpaired) electrons. The van der Waals surface area contributed by atoms with Gasteiger partial charge in [-0.05, 0) is 233 Å². The zero-order chi connectivity index (χ0) is 54.6. The monoisotopic (exact) mass is 1050 g/mol. The second-order valence-corrected chi connectivity index (χ2v) is 32.3. The molecule has 4 aliphatic heterocycles. The van der Waals surface area contributed by atoms with E-state index in [0.717, 1.165) is 0 Å². The highest BCUT2D eigenvalue weighted by molar-refractivity contribution is 8.18. The number of hydrogen-bond acceptors (Lipinski definition) is 2. The number of benzene rings is 8. The van der Waals surface area contributed by atoms with E-state index in [1.54, 1.807) is 26.5 Å². The maximum Gasteiger partial charge on any atom is 0.333 e. The molecule has 8 aliphatic rings. The van der Waals surface area contributed by atoms with Gasteiger partial charge < -0.3 is 9.71 Å². The van der Waals surface area contributed by atoms with E-state index in [2.05, 4.69) is 240 Å². The molecule has 0 spiro atoms. The fourth-order valence-corrected chi connectivity index (χ4v) is 21.0. The molecule has 0 aromatic heterocycles. The van der Waals surface area contributed by atoms with Crippen LogP contribution in [0.25, 0.3) is 44.5 Å². The third-order valence-corrected chi connectivity index (χ3v) is 25.5. The number of nitrogens with zero attached hydrogens (tertiary/aromatic N) is 2. The minimum absolute atomic E-state index is 0.0419. The highest BCUT2D eigenvalue weighted by Crippen LogP contribution is 2.80. The highest BCUT2D eigenvalue weighted by atomic mass is 32.2. The first-order chi connectivity index (χ1) is 37.4. The molecule has 4 aliphatic carbocycles. The van der Waals surface area contributed by atoms with Crippen molar-refractivity contribution in [1.29, 1.82) is 0 Å². The molecule has 396 valence electrons. The van der Waals surface area contributed by atoms with Gasteiger partial charge in [-0.1, -0.05) is 168 Å². The predicted molar refractivity (Wildman–Crippen MR) is 339 cm³/mol. The summed E-state index contributed by atoms with van der Waals surface area (Å²) in [6.07, 6.45) is 7.15. The number of aryl methyl sites for hydroxylation is 1. The summed E-state index contributed by atoms with van der Waals surface area (Å²) in [5.41, 5.74) is 34.9. The van der Waals surface area contributed by atoms with Crippen molar-refractivity contribution in [2.24, 2.45) is 0 Å². The van der Waals surface area contributed by atoms with E-state index in [4.69, 9.17) is 0 Å². The van der Waals surface area contributed by atoms with Crippen LogP contribution >= 0.6 is 10.9 Å². The molecule has 2 atom stereocenters. The van der Waals surface area contributed by atoms with Crippen molar-refractivity contribution in [3.8, 4) is 44.5 Å². The molecular formula is C75H77BN2S. The van der Waals surface area contributed by atoms with Crippen molar-refractivity contribution in [3.05, 3.63) is 184 Å². The lowest BCUT2D eigenvalue weighted by molar-refractivity contribution is 0.331. The third kappa shape index (κ3) is 6.13. The molecule has 0 fully saturated rings. The van der Waals surface area contributed by atoms with Gasteiger partial charge in [0.05, 0.1) is 4.75 Å². The van der Waals surface area contributed by atoms with Gasteiger partial charge in [-0.2, -0.15) is 10.9 Å². The first-order valence-electron chi connectivity index (χ1n) is 30.0. The molecule has 2 unspecified atom stereocenters. The van der Waals surface area contributed by atoms with Gasteiger partial charge >= 0.3 is 6.85 Å². The summed E-state index contributed by atoms with van der Waals surface area (Å²) in [4.78, 5) is 8.86. The van der Waals surface area contributed by atoms with Crippen LogP contribution in [0.4, 0.5) is 28.4 Å². The summed E-state index contributed by atoms with van der Waals surface area (Å²) in [5, 5.41) is 0. The quantitative estimate of drug-likeness (QED) is 0.139. The molecule has 0 amide bonds. The van der Waals surface area contributed by atoms with E-state index < -0.39 is 10.9 Å². The van der Waals surface area contributed by atoms with Gasteiger partial charge in [-0.3, -0.25) is 0 Å². The normalized spacial score (nSPS) is 23.4. The Morgan fingerprint density at radius 3 is 1.68 bits per heavy atom. The lowest BCUT2D eigenvalue weighted by Gasteiger charge is -2.52. The van der Waals surface area contributed by atoms with E-state index >= 15 is 0 Å². The van der Waals surface area contributed by atoms with Gasteiger partial charge in [0.2, 0.25) is 0 Å². The van der Waals surface area contributed by atoms with Crippen LogP contribution in [0.3, 0.4) is 0 Å². The molecule has 8 aromatic rings. The summed E-state index contributed by atoms with van der Waals surface area (Å²) >= 11 is 0. The SMILES string of the molecule is Cc1cc2c(cc1N1c3cc(-c4ccccc4)ccc3B3c4c1cc1c5c4-c4c(ccc6c4[SH](c4cc7c(cc4-6)C(C)(C)CCC7(C)C)C5(C)c4ccccc4-1)N3c1ccc3c(c1)C(C)(C)CCC3(C)C)C(C)(C)CCC2(C)C. The highest BCUT2D eigenvalue weighted by Gasteiger charge is 2.59. The molecule has 0 N–H and O–H groups in total. The molecule has 2 nitrogen and oxygen atoms in total. The number of hydrogen-bond donors (Lipinski definition) is 1. The van der Waals surface area contributed by atoms with Crippen molar-refractivity contribution in [1.82, 2.24) is 0 Å². The van der Waals surface area contributed by atoms with Crippen LogP contribution in [0, 0.1) is 6.92 Å². The first-order valence-corrected chi connectivity index (χ1v) is 31.3. The van der Waals surface area contributed by atoms with Crippen LogP contribution in [0.15, 0.2) is 143 Å². The van der Waals surface area contributed by atoms with Gasteiger partial charge in [-0.15, -0.1) is 0 Å². The Labute approximate surface area is 474 Å². The second-order valence-electron chi connectivity index (χ2n) is 29.8. The lowest BCUT2D eigenvalue weighted by Crippen LogP contribution is -2.62. The molecule has 0 saturated heterocycles. The van der Waals surface area contributed by atoms with E-state index in [1.807, 2.05) is 0 Å². The topological polar surface area (TPSA) is 6.48 Å². The summed E-state index contributed by atoms with van der Waals surface area (Å²) in [6.45, 7) is 35.0. The van der Waals surface area contributed by atoms with Crippen LogP contribution < -0.4 is 20.6 Å². The Balaban J connectivity index is 1.07. The number of thiol groups is 1. The Bertz CT molecular complexity index is 4090. The van der Waals surface area contributed by atoms with Gasteiger partial charge in [0.25, 0.3) is 0 Å². The van der Waals surface area contributed by atoms with Gasteiger partial charge in [0.15, 0.2) is 0 Å². The van der Waals surface area contributed by atoms with Gasteiger partial charge in [0, 0.05) is 43.8 Å². The Morgan fingerprint density at radius 1 is 0.405 bits per heavy atom. The van der Waals surface area contributed by atoms with Gasteiger partial charge in [-0.25, -0.2) is 0 Å². The smallest absolute Gasteiger partial charge is 0.333 e. The van der Waals surface area contributed by atoms with Crippen LogP contribution in [0.1, 0.15) is 179 Å². The van der Waals surface area contributed by atoms with Crippen LogP contribution in [-0.2, 0) is 37.2 Å². The van der Waals surface area contributed by atoms with Crippen LogP contribution in [-0.4, -0.2) is 6.85 Å². The minimum atomic E-state index is -0.901. The van der Waals surface area contributed by atoms with Crippen molar-refractivity contribution in [3.63, 3.8) is 0 Å². The third-order valence-electron chi connectivity index (χ3n) is 22.4. The van der Waals surface area contributed by atoms with Crippen molar-refractivity contribution >= 4 is 57.1 Å². The van der Waals surface area contributed by atoms with Crippen molar-refractivity contribution in [2.45, 2.75) is 182 Å². The van der Waals surface area contributed by atoms with E-state index in [-0.39, 0.29) is 44.1 Å². The zero-order valence-electron chi connectivity index (χ0n) is 49.4. The Kier molecular flexibility index (Phi) is 9.37. The fraction of sp³-hybridized carbons (Fsp3) is 0.360. The largest absolute Gasteiger partial charge is 0.376 e. The number of rotatable bonds is 3. The van der Waals surface area contributed by atoms with E-state index in [1.165, 1.54) is 156 Å². The molecule has 4 heterocycles. The van der Waals surface area contributed by atoms with Crippen LogP contribution in [0.5, 0.6) is 0 Å². The molecule has 0 bridgehead atoms. The van der Waals surface area contributed by atoms with E-state index in [9.17, 15) is 0 Å². The molecule has 8 aromatic carbocycles. The predicted octanol–water partition coefficient (Wildman–Crippen LogP) is 19.1. The van der Waals surface area contributed by atoms with Crippen LogP contribution in [0.2, 0.25) is 0 Å². The molecule has 16 rings (SSSR count). The van der Waals surface area contributed by atoms with E-state index in [0.29, 0.717) is 0 Å². The zero-order valence-corrected chi connectivity index (χ0v) is 50.3.